The average molecular weight is 407 g/mol. The minimum atomic E-state index is -0.886. The van der Waals surface area contributed by atoms with Crippen LogP contribution < -0.4 is 0 Å². The second-order valence-corrected chi connectivity index (χ2v) is 5.30. The summed E-state index contributed by atoms with van der Waals surface area (Å²) in [5.41, 5.74) is 0. The van der Waals surface area contributed by atoms with E-state index in [1.807, 2.05) is 0 Å². The van der Waals surface area contributed by atoms with Gasteiger partial charge in [0, 0.05) is 40.8 Å². The number of hydrogen-bond donors (Lipinski definition) is 1. The van der Waals surface area contributed by atoms with Gasteiger partial charge in [0.2, 0.25) is 0 Å². The molecular formula is C14H27ClNdO2. The third kappa shape index (κ3) is 15.2. The molecule has 1 unspecified atom stereocenters. The van der Waals surface area contributed by atoms with E-state index in [2.05, 4.69) is 6.92 Å². The molecule has 4 heteroatoms. The van der Waals surface area contributed by atoms with Gasteiger partial charge in [-0.2, -0.15) is 0 Å². The van der Waals surface area contributed by atoms with Crippen molar-refractivity contribution in [1.29, 1.82) is 0 Å². The maximum Gasteiger partial charge on any atom is 0.321 e. The van der Waals surface area contributed by atoms with Crippen LogP contribution >= 0.6 is 11.6 Å². The molecule has 0 fully saturated rings. The normalized spacial score (nSPS) is 11.9. The number of halogens is 1. The van der Waals surface area contributed by atoms with Crippen molar-refractivity contribution in [3.05, 3.63) is 0 Å². The summed E-state index contributed by atoms with van der Waals surface area (Å²) in [6.45, 7) is 2.24. The van der Waals surface area contributed by atoms with Gasteiger partial charge in [-0.1, -0.05) is 71.1 Å². The van der Waals surface area contributed by atoms with E-state index in [9.17, 15) is 4.79 Å². The molecule has 18 heavy (non-hydrogen) atoms. The van der Waals surface area contributed by atoms with Crippen LogP contribution in [0.3, 0.4) is 0 Å². The smallest absolute Gasteiger partial charge is 0.321 e. The molecule has 2 nitrogen and oxygen atoms in total. The van der Waals surface area contributed by atoms with Gasteiger partial charge in [-0.3, -0.25) is 4.79 Å². The summed E-state index contributed by atoms with van der Waals surface area (Å²) in [4.78, 5) is 10.5. The molecule has 0 aromatic carbocycles. The van der Waals surface area contributed by atoms with Crippen LogP contribution in [0.25, 0.3) is 0 Å². The number of rotatable bonds is 12. The van der Waals surface area contributed by atoms with Gasteiger partial charge in [-0.15, -0.1) is 11.6 Å². The fourth-order valence-electron chi connectivity index (χ4n) is 1.93. The summed E-state index contributed by atoms with van der Waals surface area (Å²) < 4.78 is 0. The standard InChI is InChI=1S/C14H27ClO2.Nd/c1-2-3-4-5-6-7-8-9-10-11-12-13(15)14(16)17;/h13H,2-12H2,1H3,(H,16,17);. The second-order valence-electron chi connectivity index (χ2n) is 4.78. The Bertz CT molecular complexity index is 189. The first-order valence-electron chi connectivity index (χ1n) is 7.05. The summed E-state index contributed by atoms with van der Waals surface area (Å²) in [6.07, 6.45) is 13.3. The first-order valence-corrected chi connectivity index (χ1v) is 7.49. The molecule has 0 aliphatic heterocycles. The van der Waals surface area contributed by atoms with Crippen LogP contribution in [-0.2, 0) is 4.79 Å². The summed E-state index contributed by atoms with van der Waals surface area (Å²) >= 11 is 5.63. The maximum absolute atomic E-state index is 10.5. The first-order chi connectivity index (χ1) is 8.18. The Morgan fingerprint density at radius 1 is 0.944 bits per heavy atom. The fourth-order valence-corrected chi connectivity index (χ4v) is 2.09. The molecule has 0 aromatic heterocycles. The largest absolute Gasteiger partial charge is 0.480 e. The Morgan fingerprint density at radius 2 is 1.33 bits per heavy atom. The van der Waals surface area contributed by atoms with Crippen LogP contribution in [0.1, 0.15) is 77.6 Å². The predicted octanol–water partition coefficient (Wildman–Crippen LogP) is 4.99. The molecule has 1 atom stereocenters. The first kappa shape index (κ1) is 21.4. The van der Waals surface area contributed by atoms with Gasteiger partial charge in [0.05, 0.1) is 0 Å². The van der Waals surface area contributed by atoms with E-state index < -0.39 is 11.3 Å². The third-order valence-electron chi connectivity index (χ3n) is 3.08. The van der Waals surface area contributed by atoms with Crippen molar-refractivity contribution < 1.29 is 50.7 Å². The van der Waals surface area contributed by atoms with Gasteiger partial charge in [-0.05, 0) is 6.42 Å². The van der Waals surface area contributed by atoms with Crippen LogP contribution in [0.2, 0.25) is 0 Å². The molecule has 0 aliphatic carbocycles. The van der Waals surface area contributed by atoms with Crippen molar-refractivity contribution in [2.24, 2.45) is 0 Å². The van der Waals surface area contributed by atoms with E-state index in [1.54, 1.807) is 0 Å². The molecule has 106 valence electrons. The molecule has 0 aromatic rings. The Balaban J connectivity index is 0. The number of carboxylic acids is 1. The summed E-state index contributed by atoms with van der Waals surface area (Å²) in [5, 5.41) is 7.90. The Morgan fingerprint density at radius 3 is 1.72 bits per heavy atom. The van der Waals surface area contributed by atoms with Crippen molar-refractivity contribution in [2.75, 3.05) is 0 Å². The van der Waals surface area contributed by atoms with Crippen molar-refractivity contribution in [3.63, 3.8) is 0 Å². The van der Waals surface area contributed by atoms with Crippen LogP contribution in [0.4, 0.5) is 0 Å². The molecule has 0 aliphatic rings. The number of aliphatic carboxylic acids is 1. The molecule has 0 amide bonds. The molecule has 0 bridgehead atoms. The van der Waals surface area contributed by atoms with E-state index in [0.717, 1.165) is 12.8 Å². The van der Waals surface area contributed by atoms with Gasteiger partial charge in [0.25, 0.3) is 0 Å². The Hall–Kier alpha value is 1.11. The number of carbonyl (C=O) groups is 1. The van der Waals surface area contributed by atoms with E-state index >= 15 is 0 Å². The molecule has 1 N–H and O–H groups in total. The van der Waals surface area contributed by atoms with Crippen molar-refractivity contribution in [1.82, 2.24) is 0 Å². The minimum Gasteiger partial charge on any atom is -0.480 e. The molecule has 0 spiro atoms. The van der Waals surface area contributed by atoms with Crippen LogP contribution in [0.5, 0.6) is 0 Å². The zero-order valence-electron chi connectivity index (χ0n) is 11.6. The number of carboxylic acid groups (broad SMARTS) is 1. The quantitative estimate of drug-likeness (QED) is 0.366. The van der Waals surface area contributed by atoms with Gasteiger partial charge in [0.15, 0.2) is 0 Å². The topological polar surface area (TPSA) is 37.3 Å². The minimum absolute atomic E-state index is 0. The van der Waals surface area contributed by atoms with E-state index in [-0.39, 0.29) is 40.8 Å². The van der Waals surface area contributed by atoms with E-state index in [4.69, 9.17) is 16.7 Å². The van der Waals surface area contributed by atoms with Crippen LogP contribution in [0, 0.1) is 40.8 Å². The van der Waals surface area contributed by atoms with Crippen LogP contribution in [0.15, 0.2) is 0 Å². The van der Waals surface area contributed by atoms with Gasteiger partial charge < -0.3 is 5.11 Å². The molecule has 0 saturated carbocycles. The zero-order chi connectivity index (χ0) is 12.9. The summed E-state index contributed by atoms with van der Waals surface area (Å²) in [5.74, 6) is -0.886. The second kappa shape index (κ2) is 16.2. The number of alkyl halides is 1. The van der Waals surface area contributed by atoms with Crippen molar-refractivity contribution in [3.8, 4) is 0 Å². The number of hydrogen-bond acceptors (Lipinski definition) is 1. The van der Waals surface area contributed by atoms with Crippen molar-refractivity contribution in [2.45, 2.75) is 82.9 Å². The fraction of sp³-hybridized carbons (Fsp3) is 0.929. The summed E-state index contributed by atoms with van der Waals surface area (Å²) in [7, 11) is 0. The van der Waals surface area contributed by atoms with Gasteiger partial charge in [-0.25, -0.2) is 0 Å². The van der Waals surface area contributed by atoms with Gasteiger partial charge in [0.1, 0.15) is 5.38 Å². The van der Waals surface area contributed by atoms with Crippen molar-refractivity contribution >= 4 is 17.6 Å². The Labute approximate surface area is 150 Å². The Kier molecular flexibility index (Phi) is 19.2. The molecular weight excluding hydrogens is 380 g/mol. The summed E-state index contributed by atoms with van der Waals surface area (Å²) in [6, 6.07) is 0. The molecule has 0 heterocycles. The van der Waals surface area contributed by atoms with Crippen LogP contribution in [-0.4, -0.2) is 16.5 Å². The zero-order valence-corrected chi connectivity index (χ0v) is 15.6. The third-order valence-corrected chi connectivity index (χ3v) is 3.48. The van der Waals surface area contributed by atoms with E-state index in [0.29, 0.717) is 6.42 Å². The maximum atomic E-state index is 10.5. The molecule has 0 rings (SSSR count). The molecule has 0 radical (unpaired) electrons. The predicted molar refractivity (Wildman–Crippen MR) is 73.7 cm³/mol. The molecule has 0 saturated heterocycles. The SMILES string of the molecule is CCCCCCCCCCCCC(Cl)C(=O)O.[Nd]. The van der Waals surface area contributed by atoms with E-state index in [1.165, 1.54) is 51.4 Å². The average Bonchev–Trinajstić information content (AvgIpc) is 2.31. The number of unbranched alkanes of at least 4 members (excludes halogenated alkanes) is 9. The monoisotopic (exact) mass is 404 g/mol. The van der Waals surface area contributed by atoms with Gasteiger partial charge >= 0.3 is 5.97 Å².